The number of rotatable bonds is 8. The summed E-state index contributed by atoms with van der Waals surface area (Å²) in [5.74, 6) is 0.896. The standard InChI is InChI=1S/C21H18Cl2N6O5/c1-32-5-4-28-20(14(10-26-28)29(30)31)21-25-8-11-6-12(24-9-13(11)27-21)17-18(22)15(33-2)7-16(34-3)19(17)23/h6-10H,4-5H2,1-3H3. The third kappa shape index (κ3) is 4.20. The van der Waals surface area contributed by atoms with Gasteiger partial charge < -0.3 is 14.2 Å². The van der Waals surface area contributed by atoms with E-state index in [-0.39, 0.29) is 27.3 Å². The van der Waals surface area contributed by atoms with E-state index in [1.54, 1.807) is 18.3 Å². The van der Waals surface area contributed by atoms with Crippen LogP contribution in [0.2, 0.25) is 10.0 Å². The molecule has 0 spiro atoms. The lowest BCUT2D eigenvalue weighted by Crippen LogP contribution is -2.09. The van der Waals surface area contributed by atoms with Gasteiger partial charge in [0.2, 0.25) is 0 Å². The maximum atomic E-state index is 11.5. The number of aromatic nitrogens is 5. The summed E-state index contributed by atoms with van der Waals surface area (Å²) in [5, 5.41) is 16.8. The molecule has 1 aromatic carbocycles. The summed E-state index contributed by atoms with van der Waals surface area (Å²) in [7, 11) is 4.50. The van der Waals surface area contributed by atoms with Crippen LogP contribution >= 0.6 is 23.2 Å². The number of fused-ring (bicyclic) bond motifs is 1. The number of hydrogen-bond acceptors (Lipinski definition) is 9. The molecule has 0 unspecified atom stereocenters. The van der Waals surface area contributed by atoms with Gasteiger partial charge in [-0.15, -0.1) is 0 Å². The van der Waals surface area contributed by atoms with Crippen LogP contribution in [-0.2, 0) is 11.3 Å². The third-order valence-electron chi connectivity index (χ3n) is 5.03. The Kier molecular flexibility index (Phi) is 6.77. The average molecular weight is 505 g/mol. The Morgan fingerprint density at radius 2 is 1.74 bits per heavy atom. The number of methoxy groups -OCH3 is 3. The molecular formula is C21H18Cl2N6O5. The van der Waals surface area contributed by atoms with Crippen molar-refractivity contribution < 1.29 is 19.1 Å². The lowest BCUT2D eigenvalue weighted by Gasteiger charge is -2.14. The van der Waals surface area contributed by atoms with E-state index in [0.717, 1.165) is 0 Å². The van der Waals surface area contributed by atoms with E-state index in [9.17, 15) is 10.1 Å². The van der Waals surface area contributed by atoms with Crippen molar-refractivity contribution in [2.45, 2.75) is 6.54 Å². The summed E-state index contributed by atoms with van der Waals surface area (Å²) in [6, 6.07) is 3.30. The van der Waals surface area contributed by atoms with Crippen LogP contribution in [0.25, 0.3) is 33.7 Å². The molecule has 176 valence electrons. The van der Waals surface area contributed by atoms with E-state index in [1.165, 1.54) is 38.4 Å². The van der Waals surface area contributed by atoms with Gasteiger partial charge in [-0.2, -0.15) is 5.10 Å². The first-order chi connectivity index (χ1) is 16.4. The molecule has 3 aromatic heterocycles. The number of nitro groups is 1. The zero-order chi connectivity index (χ0) is 24.4. The van der Waals surface area contributed by atoms with Crippen LogP contribution in [0.3, 0.4) is 0 Å². The zero-order valence-electron chi connectivity index (χ0n) is 18.3. The Morgan fingerprint density at radius 1 is 1.03 bits per heavy atom. The molecule has 0 saturated heterocycles. The molecule has 11 nitrogen and oxygen atoms in total. The third-order valence-corrected chi connectivity index (χ3v) is 5.78. The summed E-state index contributed by atoms with van der Waals surface area (Å²) in [6.45, 7) is 0.614. The summed E-state index contributed by atoms with van der Waals surface area (Å²) in [5.41, 5.74) is 1.31. The van der Waals surface area contributed by atoms with E-state index in [1.807, 2.05) is 0 Å². The Bertz CT molecular complexity index is 1370. The Labute approximate surface area is 203 Å². The zero-order valence-corrected chi connectivity index (χ0v) is 19.8. The van der Waals surface area contributed by atoms with Crippen LogP contribution in [0.5, 0.6) is 11.5 Å². The van der Waals surface area contributed by atoms with E-state index in [0.29, 0.717) is 46.8 Å². The Balaban J connectivity index is 1.83. The number of ether oxygens (including phenoxy) is 3. The number of benzene rings is 1. The van der Waals surface area contributed by atoms with Crippen molar-refractivity contribution in [2.24, 2.45) is 0 Å². The molecule has 4 rings (SSSR count). The number of nitrogens with zero attached hydrogens (tertiary/aromatic N) is 6. The first-order valence-electron chi connectivity index (χ1n) is 9.82. The second-order valence-electron chi connectivity index (χ2n) is 6.96. The Hall–Kier alpha value is -3.54. The summed E-state index contributed by atoms with van der Waals surface area (Å²) < 4.78 is 17.1. The van der Waals surface area contributed by atoms with Crippen LogP contribution in [0, 0.1) is 10.1 Å². The van der Waals surface area contributed by atoms with Crippen molar-refractivity contribution in [3.8, 4) is 34.3 Å². The monoisotopic (exact) mass is 504 g/mol. The molecule has 0 radical (unpaired) electrons. The highest BCUT2D eigenvalue weighted by molar-refractivity contribution is 6.41. The fourth-order valence-corrected chi connectivity index (χ4v) is 4.08. The maximum absolute atomic E-state index is 11.5. The molecule has 0 saturated carbocycles. The second kappa shape index (κ2) is 9.75. The van der Waals surface area contributed by atoms with Crippen LogP contribution in [0.4, 0.5) is 5.69 Å². The van der Waals surface area contributed by atoms with Gasteiger partial charge in [0.25, 0.3) is 0 Å². The summed E-state index contributed by atoms with van der Waals surface area (Å²) in [6.07, 6.45) is 4.22. The highest BCUT2D eigenvalue weighted by Crippen LogP contribution is 2.45. The van der Waals surface area contributed by atoms with Crippen LogP contribution in [0.15, 0.2) is 30.7 Å². The minimum absolute atomic E-state index is 0.140. The quantitative estimate of drug-likeness (QED) is 0.252. The predicted molar refractivity (Wildman–Crippen MR) is 126 cm³/mol. The maximum Gasteiger partial charge on any atom is 0.318 e. The van der Waals surface area contributed by atoms with E-state index in [4.69, 9.17) is 37.4 Å². The molecule has 0 aliphatic heterocycles. The average Bonchev–Trinajstić information content (AvgIpc) is 3.27. The minimum atomic E-state index is -0.527. The van der Waals surface area contributed by atoms with Crippen molar-refractivity contribution in [3.63, 3.8) is 0 Å². The van der Waals surface area contributed by atoms with Gasteiger partial charge in [-0.05, 0) is 6.07 Å². The molecule has 0 aliphatic rings. The van der Waals surface area contributed by atoms with E-state index >= 15 is 0 Å². The van der Waals surface area contributed by atoms with Crippen molar-refractivity contribution in [3.05, 3.63) is 50.9 Å². The minimum Gasteiger partial charge on any atom is -0.495 e. The molecule has 13 heteroatoms. The highest BCUT2D eigenvalue weighted by atomic mass is 35.5. The number of hydrogen-bond donors (Lipinski definition) is 0. The predicted octanol–water partition coefficient (Wildman–Crippen LogP) is 4.43. The molecule has 4 aromatic rings. The van der Waals surface area contributed by atoms with Gasteiger partial charge in [0.1, 0.15) is 17.7 Å². The normalized spacial score (nSPS) is 11.1. The number of halogens is 2. The SMILES string of the molecule is COCCn1ncc([N+](=O)[O-])c1-c1ncc2cc(-c3c(Cl)c(OC)cc(OC)c3Cl)ncc2n1. The topological polar surface area (TPSA) is 127 Å². The van der Waals surface area contributed by atoms with E-state index in [2.05, 4.69) is 20.1 Å². The van der Waals surface area contributed by atoms with Gasteiger partial charge in [-0.25, -0.2) is 9.97 Å². The van der Waals surface area contributed by atoms with Gasteiger partial charge >= 0.3 is 5.69 Å². The first kappa shape index (κ1) is 23.6. The van der Waals surface area contributed by atoms with Crippen molar-refractivity contribution in [2.75, 3.05) is 27.9 Å². The summed E-state index contributed by atoms with van der Waals surface area (Å²) >= 11 is 13.0. The first-order valence-corrected chi connectivity index (χ1v) is 10.6. The van der Waals surface area contributed by atoms with E-state index < -0.39 is 4.92 Å². The molecule has 34 heavy (non-hydrogen) atoms. The number of pyridine rings is 1. The smallest absolute Gasteiger partial charge is 0.318 e. The van der Waals surface area contributed by atoms with Crippen LogP contribution in [0.1, 0.15) is 0 Å². The fraction of sp³-hybridized carbons (Fsp3) is 0.238. The molecule has 0 atom stereocenters. The largest absolute Gasteiger partial charge is 0.495 e. The van der Waals surface area contributed by atoms with Gasteiger partial charge in [0.05, 0.1) is 59.7 Å². The Morgan fingerprint density at radius 3 is 2.35 bits per heavy atom. The highest BCUT2D eigenvalue weighted by Gasteiger charge is 2.25. The van der Waals surface area contributed by atoms with Crippen LogP contribution in [-0.4, -0.2) is 57.6 Å². The van der Waals surface area contributed by atoms with Gasteiger partial charge in [-0.3, -0.25) is 19.8 Å². The lowest BCUT2D eigenvalue weighted by molar-refractivity contribution is -0.384. The molecular weight excluding hydrogens is 487 g/mol. The molecule has 0 N–H and O–H groups in total. The second-order valence-corrected chi connectivity index (χ2v) is 7.71. The van der Waals surface area contributed by atoms with Gasteiger partial charge in [-0.1, -0.05) is 23.2 Å². The van der Waals surface area contributed by atoms with Crippen molar-refractivity contribution >= 4 is 39.8 Å². The van der Waals surface area contributed by atoms with Gasteiger partial charge in [0, 0.05) is 30.3 Å². The fourth-order valence-electron chi connectivity index (χ4n) is 3.38. The molecule has 0 bridgehead atoms. The van der Waals surface area contributed by atoms with Crippen LogP contribution < -0.4 is 9.47 Å². The molecule has 0 aliphatic carbocycles. The van der Waals surface area contributed by atoms with Gasteiger partial charge in [0.15, 0.2) is 11.5 Å². The summed E-state index contributed by atoms with van der Waals surface area (Å²) in [4.78, 5) is 24.3. The molecule has 3 heterocycles. The van der Waals surface area contributed by atoms with Crippen molar-refractivity contribution in [1.82, 2.24) is 24.7 Å². The molecule has 0 fully saturated rings. The van der Waals surface area contributed by atoms with Crippen molar-refractivity contribution in [1.29, 1.82) is 0 Å². The lowest BCUT2D eigenvalue weighted by atomic mass is 10.1. The molecule has 0 amide bonds.